The number of carbonyl (C=O) groups is 1. The summed E-state index contributed by atoms with van der Waals surface area (Å²) < 4.78 is 5.91. The normalized spacial score (nSPS) is 16.6. The largest absolute Gasteiger partial charge is 0.493 e. The highest BCUT2D eigenvalue weighted by Gasteiger charge is 2.27. The van der Waals surface area contributed by atoms with E-state index in [1.54, 1.807) is 11.8 Å². The number of carbonyl (C=O) groups excluding carboxylic acids is 1. The van der Waals surface area contributed by atoms with Crippen molar-refractivity contribution in [2.24, 2.45) is 5.92 Å². The molecule has 1 atom stereocenters. The fourth-order valence-electron chi connectivity index (χ4n) is 3.45. The zero-order valence-corrected chi connectivity index (χ0v) is 15.6. The van der Waals surface area contributed by atoms with E-state index in [4.69, 9.17) is 10.00 Å². The van der Waals surface area contributed by atoms with Crippen LogP contribution in [0.15, 0.2) is 35.3 Å². The van der Waals surface area contributed by atoms with Gasteiger partial charge in [-0.1, -0.05) is 12.1 Å². The average molecular weight is 365 g/mol. The zero-order valence-electron chi connectivity index (χ0n) is 15.6. The van der Waals surface area contributed by atoms with Crippen LogP contribution >= 0.6 is 0 Å². The molecule has 1 aliphatic heterocycles. The minimum absolute atomic E-state index is 0.00260. The van der Waals surface area contributed by atoms with E-state index in [0.717, 1.165) is 24.2 Å². The van der Waals surface area contributed by atoms with Crippen LogP contribution in [0.3, 0.4) is 0 Å². The van der Waals surface area contributed by atoms with Crippen molar-refractivity contribution in [3.05, 3.63) is 63.1 Å². The van der Waals surface area contributed by atoms with Crippen LogP contribution in [-0.4, -0.2) is 35.5 Å². The number of aromatic nitrogens is 1. The Balaban J connectivity index is 1.68. The van der Waals surface area contributed by atoms with Gasteiger partial charge in [-0.3, -0.25) is 9.59 Å². The van der Waals surface area contributed by atoms with Crippen LogP contribution in [0.2, 0.25) is 0 Å². The van der Waals surface area contributed by atoms with Crippen LogP contribution < -0.4 is 10.3 Å². The minimum atomic E-state index is -0.463. The SMILES string of the molecule is Cc1cccc(OC[C@H]2CCCN(C(=O)c3c[nH]c(=O)c(C#N)c3C)C2)c1. The second kappa shape index (κ2) is 8.09. The number of piperidine rings is 1. The van der Waals surface area contributed by atoms with Gasteiger partial charge in [0, 0.05) is 25.2 Å². The first-order valence-electron chi connectivity index (χ1n) is 9.10. The van der Waals surface area contributed by atoms with E-state index in [1.165, 1.54) is 6.20 Å². The number of aryl methyl sites for hydroxylation is 1. The Morgan fingerprint density at radius 1 is 1.41 bits per heavy atom. The minimum Gasteiger partial charge on any atom is -0.493 e. The number of ether oxygens (including phenoxy) is 1. The quantitative estimate of drug-likeness (QED) is 0.903. The topological polar surface area (TPSA) is 86.2 Å². The van der Waals surface area contributed by atoms with E-state index in [2.05, 4.69) is 4.98 Å². The number of hydrogen-bond donors (Lipinski definition) is 1. The van der Waals surface area contributed by atoms with Crippen molar-refractivity contribution in [3.8, 4) is 11.8 Å². The highest BCUT2D eigenvalue weighted by molar-refractivity contribution is 5.95. The van der Waals surface area contributed by atoms with Gasteiger partial charge in [-0.15, -0.1) is 0 Å². The molecule has 2 heterocycles. The summed E-state index contributed by atoms with van der Waals surface area (Å²) >= 11 is 0. The molecular formula is C21H23N3O3. The molecule has 1 amide bonds. The van der Waals surface area contributed by atoms with Crippen molar-refractivity contribution in [2.75, 3.05) is 19.7 Å². The predicted octanol–water partition coefficient (Wildman–Crippen LogP) is 2.79. The highest BCUT2D eigenvalue weighted by atomic mass is 16.5. The van der Waals surface area contributed by atoms with Crippen molar-refractivity contribution < 1.29 is 9.53 Å². The molecule has 1 saturated heterocycles. The maximum Gasteiger partial charge on any atom is 0.266 e. The molecule has 1 fully saturated rings. The monoisotopic (exact) mass is 365 g/mol. The molecule has 6 heteroatoms. The molecule has 0 bridgehead atoms. The molecule has 1 aromatic carbocycles. The van der Waals surface area contributed by atoms with E-state index in [9.17, 15) is 9.59 Å². The number of aromatic amines is 1. The first-order valence-corrected chi connectivity index (χ1v) is 9.10. The summed E-state index contributed by atoms with van der Waals surface area (Å²) in [6.07, 6.45) is 3.32. The van der Waals surface area contributed by atoms with E-state index >= 15 is 0 Å². The van der Waals surface area contributed by atoms with Crippen LogP contribution in [-0.2, 0) is 0 Å². The van der Waals surface area contributed by atoms with Crippen molar-refractivity contribution in [1.82, 2.24) is 9.88 Å². The molecule has 6 nitrogen and oxygen atoms in total. The van der Waals surface area contributed by atoms with Gasteiger partial charge in [0.2, 0.25) is 0 Å². The van der Waals surface area contributed by atoms with Gasteiger partial charge in [0.05, 0.1) is 12.2 Å². The van der Waals surface area contributed by atoms with Gasteiger partial charge in [-0.05, 0) is 49.9 Å². The zero-order chi connectivity index (χ0) is 19.4. The molecule has 3 rings (SSSR count). The predicted molar refractivity (Wildman–Crippen MR) is 102 cm³/mol. The second-order valence-corrected chi connectivity index (χ2v) is 7.03. The number of nitrogens with one attached hydrogen (secondary N) is 1. The lowest BCUT2D eigenvalue weighted by Crippen LogP contribution is -2.42. The number of H-pyrrole nitrogens is 1. The van der Waals surface area contributed by atoms with Gasteiger partial charge in [0.15, 0.2) is 0 Å². The summed E-state index contributed by atoms with van der Waals surface area (Å²) in [6, 6.07) is 9.80. The van der Waals surface area contributed by atoms with Gasteiger partial charge in [0.1, 0.15) is 17.4 Å². The van der Waals surface area contributed by atoms with Crippen molar-refractivity contribution in [1.29, 1.82) is 5.26 Å². The van der Waals surface area contributed by atoms with Gasteiger partial charge in [-0.25, -0.2) is 0 Å². The van der Waals surface area contributed by atoms with Crippen molar-refractivity contribution >= 4 is 5.91 Å². The molecule has 0 saturated carbocycles. The first-order chi connectivity index (χ1) is 13.0. The highest BCUT2D eigenvalue weighted by Crippen LogP contribution is 2.22. The number of pyridine rings is 1. The summed E-state index contributed by atoms with van der Waals surface area (Å²) in [4.78, 5) is 28.9. The molecule has 1 aromatic heterocycles. The van der Waals surface area contributed by atoms with E-state index < -0.39 is 5.56 Å². The summed E-state index contributed by atoms with van der Waals surface area (Å²) in [5.41, 5.74) is 1.50. The van der Waals surface area contributed by atoms with Crippen LogP contribution in [0.4, 0.5) is 0 Å². The van der Waals surface area contributed by atoms with Gasteiger partial charge in [-0.2, -0.15) is 5.26 Å². The number of hydrogen-bond acceptors (Lipinski definition) is 4. The summed E-state index contributed by atoms with van der Waals surface area (Å²) in [7, 11) is 0. The number of amides is 1. The Morgan fingerprint density at radius 2 is 2.22 bits per heavy atom. The fourth-order valence-corrected chi connectivity index (χ4v) is 3.45. The Morgan fingerprint density at radius 3 is 2.96 bits per heavy atom. The van der Waals surface area contributed by atoms with E-state index in [0.29, 0.717) is 30.8 Å². The molecule has 0 aliphatic carbocycles. The summed E-state index contributed by atoms with van der Waals surface area (Å²) in [6.45, 7) is 5.49. The molecule has 1 aliphatic rings. The lowest BCUT2D eigenvalue weighted by atomic mass is 9.97. The van der Waals surface area contributed by atoms with Crippen LogP contribution in [0, 0.1) is 31.1 Å². The summed E-state index contributed by atoms with van der Waals surface area (Å²) in [5.74, 6) is 0.941. The van der Waals surface area contributed by atoms with Crippen LogP contribution in [0.5, 0.6) is 5.75 Å². The van der Waals surface area contributed by atoms with Crippen molar-refractivity contribution in [2.45, 2.75) is 26.7 Å². The number of likely N-dealkylation sites (tertiary alicyclic amines) is 1. The molecule has 140 valence electrons. The lowest BCUT2D eigenvalue weighted by molar-refractivity contribution is 0.0632. The van der Waals surface area contributed by atoms with Gasteiger partial charge in [0.25, 0.3) is 11.5 Å². The molecule has 0 unspecified atom stereocenters. The number of rotatable bonds is 4. The van der Waals surface area contributed by atoms with Gasteiger partial charge >= 0.3 is 0 Å². The number of nitriles is 1. The smallest absolute Gasteiger partial charge is 0.266 e. The van der Waals surface area contributed by atoms with Crippen LogP contribution in [0.1, 0.15) is 39.9 Å². The fraction of sp³-hybridized carbons (Fsp3) is 0.381. The average Bonchev–Trinajstić information content (AvgIpc) is 2.67. The molecule has 27 heavy (non-hydrogen) atoms. The third kappa shape index (κ3) is 4.20. The number of nitrogens with zero attached hydrogens (tertiary/aromatic N) is 2. The number of benzene rings is 1. The van der Waals surface area contributed by atoms with Gasteiger partial charge < -0.3 is 14.6 Å². The Bertz CT molecular complexity index is 942. The standard InChI is InChI=1S/C21H23N3O3/c1-14-5-3-7-17(9-14)27-13-16-6-4-8-24(12-16)21(26)19-11-23-20(25)18(10-22)15(19)2/h3,5,7,9,11,16H,4,6,8,12-13H2,1-2H3,(H,23,25)/t16-/m0/s1. The van der Waals surface area contributed by atoms with E-state index in [1.807, 2.05) is 37.3 Å². The molecule has 2 aromatic rings. The Hall–Kier alpha value is -3.07. The molecule has 0 spiro atoms. The van der Waals surface area contributed by atoms with E-state index in [-0.39, 0.29) is 17.4 Å². The first kappa shape index (κ1) is 18.7. The Kier molecular flexibility index (Phi) is 5.60. The van der Waals surface area contributed by atoms with Crippen LogP contribution in [0.25, 0.3) is 0 Å². The second-order valence-electron chi connectivity index (χ2n) is 7.03. The lowest BCUT2D eigenvalue weighted by Gasteiger charge is -2.33. The third-order valence-electron chi connectivity index (χ3n) is 4.98. The molecular weight excluding hydrogens is 342 g/mol. The third-order valence-corrected chi connectivity index (χ3v) is 4.98. The molecule has 0 radical (unpaired) electrons. The molecule has 1 N–H and O–H groups in total. The maximum absolute atomic E-state index is 12.9. The Labute approximate surface area is 158 Å². The maximum atomic E-state index is 12.9. The van der Waals surface area contributed by atoms with Crippen molar-refractivity contribution in [3.63, 3.8) is 0 Å². The summed E-state index contributed by atoms with van der Waals surface area (Å²) in [5, 5.41) is 9.14.